The van der Waals surface area contributed by atoms with Crippen molar-refractivity contribution in [1.29, 1.82) is 0 Å². The number of rotatable bonds is 4. The number of Topliss-reactive ketones (excluding diaryl/α,β-unsaturated/α-hetero) is 1. The zero-order valence-corrected chi connectivity index (χ0v) is 9.58. The lowest BCUT2D eigenvalue weighted by Gasteiger charge is -2.05. The van der Waals surface area contributed by atoms with E-state index in [2.05, 4.69) is 4.74 Å². The monoisotopic (exact) mass is 260 g/mol. The summed E-state index contributed by atoms with van der Waals surface area (Å²) in [7, 11) is 1.21. The van der Waals surface area contributed by atoms with Gasteiger partial charge in [0.05, 0.1) is 19.1 Å². The van der Waals surface area contributed by atoms with Crippen molar-refractivity contribution in [2.24, 2.45) is 0 Å². The number of carbonyl (C=O) groups is 2. The van der Waals surface area contributed by atoms with Crippen molar-refractivity contribution in [2.45, 2.75) is 19.0 Å². The van der Waals surface area contributed by atoms with Gasteiger partial charge >= 0.3 is 12.1 Å². The van der Waals surface area contributed by atoms with E-state index in [4.69, 9.17) is 0 Å². The Morgan fingerprint density at radius 1 is 1.11 bits per heavy atom. The van der Waals surface area contributed by atoms with Crippen LogP contribution in [0.1, 0.15) is 33.6 Å². The maximum absolute atomic E-state index is 11.9. The summed E-state index contributed by atoms with van der Waals surface area (Å²) in [5.41, 5.74) is 0.386. The van der Waals surface area contributed by atoms with Crippen LogP contribution in [0.25, 0.3) is 0 Å². The number of alkyl halides is 3. The molecule has 0 heterocycles. The minimum Gasteiger partial charge on any atom is -0.465 e. The summed E-state index contributed by atoms with van der Waals surface area (Å²) in [5, 5.41) is 0. The number of esters is 1. The Hall–Kier alpha value is -1.85. The van der Waals surface area contributed by atoms with Gasteiger partial charge in [0.15, 0.2) is 5.78 Å². The summed E-state index contributed by atoms with van der Waals surface area (Å²) in [6.07, 6.45) is -6.09. The van der Waals surface area contributed by atoms with E-state index < -0.39 is 30.8 Å². The van der Waals surface area contributed by atoms with Crippen molar-refractivity contribution in [3.8, 4) is 0 Å². The number of hydrogen-bond donors (Lipinski definition) is 0. The van der Waals surface area contributed by atoms with Crippen LogP contribution >= 0.6 is 0 Å². The summed E-state index contributed by atoms with van der Waals surface area (Å²) in [6, 6.07) is 5.30. The van der Waals surface area contributed by atoms with E-state index in [0.717, 1.165) is 0 Å². The van der Waals surface area contributed by atoms with E-state index in [1.807, 2.05) is 0 Å². The molecule has 0 bridgehead atoms. The first-order chi connectivity index (χ1) is 8.33. The van der Waals surface area contributed by atoms with Crippen molar-refractivity contribution in [3.63, 3.8) is 0 Å². The van der Waals surface area contributed by atoms with Crippen LogP contribution in [0.2, 0.25) is 0 Å². The molecule has 0 aromatic heterocycles. The lowest BCUT2D eigenvalue weighted by atomic mass is 10.0. The summed E-state index contributed by atoms with van der Waals surface area (Å²) >= 11 is 0. The van der Waals surface area contributed by atoms with Gasteiger partial charge in [-0.25, -0.2) is 4.79 Å². The van der Waals surface area contributed by atoms with Gasteiger partial charge in [0.2, 0.25) is 0 Å². The van der Waals surface area contributed by atoms with Gasteiger partial charge in [-0.1, -0.05) is 12.1 Å². The molecule has 0 amide bonds. The van der Waals surface area contributed by atoms with Crippen LogP contribution in [0.5, 0.6) is 0 Å². The van der Waals surface area contributed by atoms with Gasteiger partial charge in [0, 0.05) is 12.0 Å². The predicted molar refractivity (Wildman–Crippen MR) is 57.4 cm³/mol. The topological polar surface area (TPSA) is 43.4 Å². The SMILES string of the molecule is COC(=O)c1ccc(C(=O)CCC(F)(F)F)cc1. The molecule has 0 atom stereocenters. The number of halogens is 3. The van der Waals surface area contributed by atoms with E-state index >= 15 is 0 Å². The lowest BCUT2D eigenvalue weighted by Crippen LogP contribution is -2.11. The average Bonchev–Trinajstić information content (AvgIpc) is 2.34. The second-order valence-electron chi connectivity index (χ2n) is 3.61. The van der Waals surface area contributed by atoms with Gasteiger partial charge in [-0.15, -0.1) is 0 Å². The zero-order valence-electron chi connectivity index (χ0n) is 9.58. The van der Waals surface area contributed by atoms with Crippen molar-refractivity contribution in [2.75, 3.05) is 7.11 Å². The molecule has 0 spiro atoms. The van der Waals surface area contributed by atoms with Gasteiger partial charge in [0.1, 0.15) is 0 Å². The van der Waals surface area contributed by atoms with Crippen LogP contribution in [0.15, 0.2) is 24.3 Å². The molecule has 1 rings (SSSR count). The Morgan fingerprint density at radius 3 is 2.06 bits per heavy atom. The van der Waals surface area contributed by atoms with Crippen LogP contribution in [-0.2, 0) is 4.74 Å². The molecule has 0 fully saturated rings. The standard InChI is InChI=1S/C12H11F3O3/c1-18-11(17)9-4-2-8(3-5-9)10(16)6-7-12(13,14)15/h2-5H,6-7H2,1H3. The maximum atomic E-state index is 11.9. The normalized spacial score (nSPS) is 11.1. The molecule has 0 radical (unpaired) electrons. The molecule has 0 N–H and O–H groups in total. The Kier molecular flexibility index (Phi) is 4.47. The minimum absolute atomic E-state index is 0.145. The first-order valence-electron chi connectivity index (χ1n) is 5.12. The highest BCUT2D eigenvalue weighted by Crippen LogP contribution is 2.22. The van der Waals surface area contributed by atoms with Gasteiger partial charge in [-0.05, 0) is 12.1 Å². The van der Waals surface area contributed by atoms with Crippen molar-refractivity contribution in [3.05, 3.63) is 35.4 Å². The molecule has 3 nitrogen and oxygen atoms in total. The smallest absolute Gasteiger partial charge is 0.389 e. The van der Waals surface area contributed by atoms with Crippen molar-refractivity contribution < 1.29 is 27.5 Å². The van der Waals surface area contributed by atoms with E-state index in [-0.39, 0.29) is 11.1 Å². The number of carbonyl (C=O) groups excluding carboxylic acids is 2. The van der Waals surface area contributed by atoms with Crippen molar-refractivity contribution >= 4 is 11.8 Å². The summed E-state index contributed by atoms with van der Waals surface area (Å²) < 4.78 is 40.3. The lowest BCUT2D eigenvalue weighted by molar-refractivity contribution is -0.133. The fourth-order valence-electron chi connectivity index (χ4n) is 1.31. The van der Waals surface area contributed by atoms with E-state index in [1.165, 1.54) is 31.4 Å². The van der Waals surface area contributed by atoms with Crippen molar-refractivity contribution in [1.82, 2.24) is 0 Å². The number of ketones is 1. The first-order valence-corrected chi connectivity index (χ1v) is 5.12. The Balaban J connectivity index is 2.68. The largest absolute Gasteiger partial charge is 0.465 e. The molecule has 1 aromatic carbocycles. The third-order valence-electron chi connectivity index (χ3n) is 2.26. The third-order valence-corrected chi connectivity index (χ3v) is 2.26. The van der Waals surface area contributed by atoms with E-state index in [9.17, 15) is 22.8 Å². The second kappa shape index (κ2) is 5.66. The molecule has 0 aliphatic heterocycles. The molecule has 18 heavy (non-hydrogen) atoms. The van der Waals surface area contributed by atoms with Crippen LogP contribution in [0, 0.1) is 0 Å². The Morgan fingerprint density at radius 2 is 1.61 bits per heavy atom. The molecule has 98 valence electrons. The number of benzene rings is 1. The number of hydrogen-bond acceptors (Lipinski definition) is 3. The molecule has 0 unspecified atom stereocenters. The van der Waals surface area contributed by atoms with E-state index in [1.54, 1.807) is 0 Å². The highest BCUT2D eigenvalue weighted by Gasteiger charge is 2.28. The fourth-order valence-corrected chi connectivity index (χ4v) is 1.31. The molecular formula is C12H11F3O3. The summed E-state index contributed by atoms with van der Waals surface area (Å²) in [6.45, 7) is 0. The molecule has 1 aromatic rings. The Labute approximate surface area is 102 Å². The van der Waals surface area contributed by atoms with Crippen LogP contribution in [0.4, 0.5) is 13.2 Å². The fraction of sp³-hybridized carbons (Fsp3) is 0.333. The molecule has 0 saturated carbocycles. The molecule has 0 aliphatic rings. The maximum Gasteiger partial charge on any atom is 0.389 e. The van der Waals surface area contributed by atoms with Crippen LogP contribution < -0.4 is 0 Å². The third kappa shape index (κ3) is 4.20. The first kappa shape index (κ1) is 14.2. The van der Waals surface area contributed by atoms with Crippen LogP contribution in [0.3, 0.4) is 0 Å². The predicted octanol–water partition coefficient (Wildman–Crippen LogP) is 3.00. The highest BCUT2D eigenvalue weighted by atomic mass is 19.4. The minimum atomic E-state index is -4.35. The average molecular weight is 260 g/mol. The van der Waals surface area contributed by atoms with Gasteiger partial charge in [-0.2, -0.15) is 13.2 Å². The van der Waals surface area contributed by atoms with Gasteiger partial charge in [0.25, 0.3) is 0 Å². The van der Waals surface area contributed by atoms with Crippen LogP contribution in [-0.4, -0.2) is 25.0 Å². The molecule has 6 heteroatoms. The summed E-state index contributed by atoms with van der Waals surface area (Å²) in [4.78, 5) is 22.5. The van der Waals surface area contributed by atoms with E-state index in [0.29, 0.717) is 0 Å². The second-order valence-corrected chi connectivity index (χ2v) is 3.61. The molecule has 0 aliphatic carbocycles. The highest BCUT2D eigenvalue weighted by molar-refractivity contribution is 5.97. The number of methoxy groups -OCH3 is 1. The van der Waals surface area contributed by atoms with Gasteiger partial charge < -0.3 is 4.74 Å². The number of ether oxygens (including phenoxy) is 1. The molecule has 0 saturated heterocycles. The quantitative estimate of drug-likeness (QED) is 0.617. The van der Waals surface area contributed by atoms with Gasteiger partial charge in [-0.3, -0.25) is 4.79 Å². The molecular weight excluding hydrogens is 249 g/mol. The Bertz CT molecular complexity index is 435. The summed E-state index contributed by atoms with van der Waals surface area (Å²) in [5.74, 6) is -1.17. The zero-order chi connectivity index (χ0) is 13.8.